The van der Waals surface area contributed by atoms with Crippen LogP contribution >= 0.6 is 0 Å². The lowest BCUT2D eigenvalue weighted by Crippen LogP contribution is -2.14. The molecule has 0 saturated carbocycles. The largest absolute Gasteiger partial charge is 0.496 e. The van der Waals surface area contributed by atoms with Crippen LogP contribution < -0.4 is 9.47 Å². The number of benzene rings is 1. The Kier molecular flexibility index (Phi) is 8.57. The van der Waals surface area contributed by atoms with Crippen molar-refractivity contribution in [3.63, 3.8) is 0 Å². The number of nitro benzene ring substituents is 1. The summed E-state index contributed by atoms with van der Waals surface area (Å²) in [4.78, 5) is 22.1. The monoisotopic (exact) mass is 367 g/mol. The number of carbonyl (C=O) groups is 1. The van der Waals surface area contributed by atoms with E-state index in [1.165, 1.54) is 27.4 Å². The number of hydrogen-bond donors (Lipinski definition) is 0. The van der Waals surface area contributed by atoms with Gasteiger partial charge >= 0.3 is 11.7 Å². The Morgan fingerprint density at radius 3 is 2.46 bits per heavy atom. The maximum atomic E-state index is 11.4. The standard InChI is InChI=1S/C18H25NO7/c1-6-26-17(12(2)8-7-9-16(20)24-4)14-10-13(23-3)11-15(19(21)22)18(14)25-5/h7-8,10-12,17H,6,9H2,1-5H3/t12-,17+/m1/s1. The molecule has 2 atom stereocenters. The van der Waals surface area contributed by atoms with Gasteiger partial charge in [-0.2, -0.15) is 0 Å². The van der Waals surface area contributed by atoms with Gasteiger partial charge < -0.3 is 18.9 Å². The van der Waals surface area contributed by atoms with Crippen LogP contribution in [0.4, 0.5) is 5.69 Å². The van der Waals surface area contributed by atoms with E-state index in [2.05, 4.69) is 4.74 Å². The molecule has 0 aliphatic rings. The number of carbonyl (C=O) groups excluding carboxylic acids is 1. The van der Waals surface area contributed by atoms with Gasteiger partial charge in [-0.3, -0.25) is 14.9 Å². The summed E-state index contributed by atoms with van der Waals surface area (Å²) in [6.45, 7) is 4.12. The number of ether oxygens (including phenoxy) is 4. The fraction of sp³-hybridized carbons (Fsp3) is 0.500. The van der Waals surface area contributed by atoms with Crippen molar-refractivity contribution in [3.8, 4) is 11.5 Å². The molecule has 0 fully saturated rings. The SMILES string of the molecule is CCO[C@H](c1cc(OC)cc([N+](=O)[O-])c1OC)[C@H](C)C=CCC(=O)OC. The molecule has 26 heavy (non-hydrogen) atoms. The van der Waals surface area contributed by atoms with Gasteiger partial charge in [-0.15, -0.1) is 0 Å². The van der Waals surface area contributed by atoms with Crippen LogP contribution in [0.5, 0.6) is 11.5 Å². The molecule has 8 heteroatoms. The predicted octanol–water partition coefficient (Wildman–Crippen LogP) is 3.45. The smallest absolute Gasteiger partial charge is 0.315 e. The van der Waals surface area contributed by atoms with E-state index in [0.717, 1.165) is 0 Å². The van der Waals surface area contributed by atoms with Crippen molar-refractivity contribution in [2.75, 3.05) is 27.9 Å². The topological polar surface area (TPSA) is 97.1 Å². The summed E-state index contributed by atoms with van der Waals surface area (Å²) in [6.07, 6.45) is 3.11. The number of methoxy groups -OCH3 is 3. The highest BCUT2D eigenvalue weighted by molar-refractivity contribution is 5.70. The molecule has 0 saturated heterocycles. The summed E-state index contributed by atoms with van der Waals surface area (Å²) in [6, 6.07) is 2.97. The third kappa shape index (κ3) is 5.45. The minimum Gasteiger partial charge on any atom is -0.496 e. The molecule has 0 heterocycles. The maximum absolute atomic E-state index is 11.4. The zero-order valence-electron chi connectivity index (χ0n) is 15.7. The van der Waals surface area contributed by atoms with Crippen LogP contribution in [-0.4, -0.2) is 38.8 Å². The van der Waals surface area contributed by atoms with Gasteiger partial charge in [0, 0.05) is 18.1 Å². The first-order valence-corrected chi connectivity index (χ1v) is 8.14. The van der Waals surface area contributed by atoms with E-state index in [1.807, 2.05) is 19.9 Å². The quantitative estimate of drug-likeness (QED) is 0.270. The number of esters is 1. The average Bonchev–Trinajstić information content (AvgIpc) is 2.64. The van der Waals surface area contributed by atoms with Crippen molar-refractivity contribution >= 4 is 11.7 Å². The first-order valence-electron chi connectivity index (χ1n) is 8.14. The molecule has 0 aliphatic carbocycles. The molecule has 0 bridgehead atoms. The van der Waals surface area contributed by atoms with Gasteiger partial charge in [0.1, 0.15) is 5.75 Å². The Morgan fingerprint density at radius 2 is 1.96 bits per heavy atom. The molecule has 144 valence electrons. The fourth-order valence-corrected chi connectivity index (χ4v) is 2.56. The van der Waals surface area contributed by atoms with E-state index in [-0.39, 0.29) is 29.7 Å². The van der Waals surface area contributed by atoms with Crippen LogP contribution in [-0.2, 0) is 14.3 Å². The fourth-order valence-electron chi connectivity index (χ4n) is 2.56. The third-order valence-corrected chi connectivity index (χ3v) is 3.79. The first-order chi connectivity index (χ1) is 12.4. The second-order valence-electron chi connectivity index (χ2n) is 5.47. The maximum Gasteiger partial charge on any atom is 0.315 e. The Morgan fingerprint density at radius 1 is 1.27 bits per heavy atom. The van der Waals surface area contributed by atoms with Gasteiger partial charge in [-0.1, -0.05) is 19.1 Å². The summed E-state index contributed by atoms with van der Waals surface area (Å²) in [5.74, 6) is -0.0679. The summed E-state index contributed by atoms with van der Waals surface area (Å²) < 4.78 is 20.9. The molecule has 0 amide bonds. The zero-order valence-corrected chi connectivity index (χ0v) is 15.7. The molecule has 0 radical (unpaired) electrons. The van der Waals surface area contributed by atoms with E-state index < -0.39 is 11.0 Å². The highest BCUT2D eigenvalue weighted by Gasteiger charge is 2.29. The van der Waals surface area contributed by atoms with Crippen LogP contribution in [0.25, 0.3) is 0 Å². The van der Waals surface area contributed by atoms with Gasteiger partial charge in [-0.05, 0) is 13.0 Å². The molecule has 8 nitrogen and oxygen atoms in total. The van der Waals surface area contributed by atoms with Crippen LogP contribution in [0.1, 0.15) is 31.9 Å². The minimum absolute atomic E-state index is 0.127. The van der Waals surface area contributed by atoms with Crippen molar-refractivity contribution in [2.24, 2.45) is 5.92 Å². The molecule has 0 N–H and O–H groups in total. The predicted molar refractivity (Wildman–Crippen MR) is 95.5 cm³/mol. The number of nitrogens with zero attached hydrogens (tertiary/aromatic N) is 1. The molecular formula is C18H25NO7. The second kappa shape index (κ2) is 10.4. The zero-order chi connectivity index (χ0) is 19.7. The van der Waals surface area contributed by atoms with Gasteiger partial charge in [0.05, 0.1) is 44.8 Å². The molecule has 1 aromatic rings. The van der Waals surface area contributed by atoms with Gasteiger partial charge in [0.2, 0.25) is 5.75 Å². The second-order valence-corrected chi connectivity index (χ2v) is 5.47. The Labute approximate surface area is 152 Å². The van der Waals surface area contributed by atoms with Crippen LogP contribution in [0.3, 0.4) is 0 Å². The van der Waals surface area contributed by atoms with E-state index in [9.17, 15) is 14.9 Å². The lowest BCUT2D eigenvalue weighted by atomic mass is 9.94. The Hall–Kier alpha value is -2.61. The van der Waals surface area contributed by atoms with E-state index >= 15 is 0 Å². The van der Waals surface area contributed by atoms with Crippen LogP contribution in [0, 0.1) is 16.0 Å². The molecule has 0 unspecified atom stereocenters. The lowest BCUT2D eigenvalue weighted by molar-refractivity contribution is -0.385. The highest BCUT2D eigenvalue weighted by Crippen LogP contribution is 2.42. The summed E-state index contributed by atoms with van der Waals surface area (Å²) >= 11 is 0. The van der Waals surface area contributed by atoms with Gasteiger partial charge in [0.15, 0.2) is 0 Å². The van der Waals surface area contributed by atoms with Crippen LogP contribution in [0.2, 0.25) is 0 Å². The van der Waals surface area contributed by atoms with Crippen molar-refractivity contribution in [1.82, 2.24) is 0 Å². The van der Waals surface area contributed by atoms with Crippen molar-refractivity contribution in [1.29, 1.82) is 0 Å². The minimum atomic E-state index is -0.522. The summed E-state index contributed by atoms with van der Waals surface area (Å²) in [5, 5.41) is 11.4. The Bertz CT molecular complexity index is 657. The highest BCUT2D eigenvalue weighted by atomic mass is 16.6. The van der Waals surface area contributed by atoms with Crippen molar-refractivity contribution < 1.29 is 28.7 Å². The van der Waals surface area contributed by atoms with E-state index in [1.54, 1.807) is 12.1 Å². The molecule has 0 aromatic heterocycles. The number of nitro groups is 1. The average molecular weight is 367 g/mol. The van der Waals surface area contributed by atoms with E-state index in [0.29, 0.717) is 17.9 Å². The normalized spacial score (nSPS) is 13.3. The van der Waals surface area contributed by atoms with Gasteiger partial charge in [-0.25, -0.2) is 0 Å². The van der Waals surface area contributed by atoms with E-state index in [4.69, 9.17) is 14.2 Å². The molecule has 0 aliphatic heterocycles. The number of hydrogen-bond acceptors (Lipinski definition) is 7. The molecule has 0 spiro atoms. The number of rotatable bonds is 10. The molecule has 1 aromatic carbocycles. The summed E-state index contributed by atoms with van der Waals surface area (Å²) in [7, 11) is 4.13. The summed E-state index contributed by atoms with van der Waals surface area (Å²) in [5.41, 5.74) is 0.313. The van der Waals surface area contributed by atoms with Crippen LogP contribution in [0.15, 0.2) is 24.3 Å². The van der Waals surface area contributed by atoms with Crippen molar-refractivity contribution in [2.45, 2.75) is 26.4 Å². The van der Waals surface area contributed by atoms with Crippen molar-refractivity contribution in [3.05, 3.63) is 40.0 Å². The Balaban J connectivity index is 3.32. The third-order valence-electron chi connectivity index (χ3n) is 3.79. The molecular weight excluding hydrogens is 342 g/mol. The molecule has 1 rings (SSSR count). The first kappa shape index (κ1) is 21.4. The lowest BCUT2D eigenvalue weighted by Gasteiger charge is -2.24. The van der Waals surface area contributed by atoms with Gasteiger partial charge in [0.25, 0.3) is 0 Å².